The lowest BCUT2D eigenvalue weighted by molar-refractivity contribution is 0.566. The Balaban J connectivity index is 2.23. The summed E-state index contributed by atoms with van der Waals surface area (Å²) in [4.78, 5) is 0. The van der Waals surface area contributed by atoms with Crippen molar-refractivity contribution >= 4 is 5.57 Å². The predicted molar refractivity (Wildman–Crippen MR) is 47.5 cm³/mol. The van der Waals surface area contributed by atoms with Gasteiger partial charge in [0.1, 0.15) is 0 Å². The van der Waals surface area contributed by atoms with E-state index in [9.17, 15) is 0 Å². The van der Waals surface area contributed by atoms with Gasteiger partial charge in [-0.3, -0.25) is 0 Å². The lowest BCUT2D eigenvalue weighted by Crippen LogP contribution is -2.37. The van der Waals surface area contributed by atoms with Gasteiger partial charge in [-0.1, -0.05) is 6.08 Å². The molecule has 12 heavy (non-hydrogen) atoms. The van der Waals surface area contributed by atoms with E-state index in [1.807, 2.05) is 6.07 Å². The van der Waals surface area contributed by atoms with Crippen LogP contribution in [0.4, 0.5) is 0 Å². The van der Waals surface area contributed by atoms with Gasteiger partial charge in [0.15, 0.2) is 0 Å². The minimum absolute atomic E-state index is 0.128. The quantitative estimate of drug-likeness (QED) is 0.638. The molecule has 1 aliphatic rings. The van der Waals surface area contributed by atoms with E-state index in [1.165, 1.54) is 5.57 Å². The topological polar surface area (TPSA) is 51.2 Å². The van der Waals surface area contributed by atoms with Crippen LogP contribution in [0.1, 0.15) is 5.56 Å². The maximum Gasteiger partial charge on any atom is 0.0978 e. The highest BCUT2D eigenvalue weighted by Crippen LogP contribution is 2.16. The number of rotatable bonds is 1. The van der Waals surface area contributed by atoms with Gasteiger partial charge in [-0.15, -0.1) is 0 Å². The van der Waals surface area contributed by atoms with Crippen molar-refractivity contribution in [3.63, 3.8) is 0 Å². The molecule has 0 spiro atoms. The van der Waals surface area contributed by atoms with Gasteiger partial charge in [-0.25, -0.2) is 0 Å². The van der Waals surface area contributed by atoms with Gasteiger partial charge < -0.3 is 15.5 Å². The van der Waals surface area contributed by atoms with Gasteiger partial charge >= 0.3 is 0 Å². The maximum absolute atomic E-state index is 5.76. The third-order valence-corrected chi connectivity index (χ3v) is 2.00. The molecule has 3 nitrogen and oxygen atoms in total. The minimum atomic E-state index is 0.128. The van der Waals surface area contributed by atoms with Crippen LogP contribution < -0.4 is 11.1 Å². The summed E-state index contributed by atoms with van der Waals surface area (Å²) in [6, 6.07) is 2.08. The average Bonchev–Trinajstić information content (AvgIpc) is 2.56. The lowest BCUT2D eigenvalue weighted by Gasteiger charge is -2.17. The average molecular weight is 164 g/mol. The lowest BCUT2D eigenvalue weighted by atomic mass is 10.0. The third kappa shape index (κ3) is 1.42. The second-order valence-corrected chi connectivity index (χ2v) is 3.00. The fraction of sp³-hybridized carbons (Fsp3) is 0.333. The van der Waals surface area contributed by atoms with E-state index in [0.717, 1.165) is 18.7 Å². The number of hydrogen-bond acceptors (Lipinski definition) is 3. The summed E-state index contributed by atoms with van der Waals surface area (Å²) in [5.41, 5.74) is 8.11. The molecule has 1 aliphatic heterocycles. The molecular formula is C9H12N2O. The van der Waals surface area contributed by atoms with Crippen LogP contribution in [-0.2, 0) is 0 Å². The summed E-state index contributed by atoms with van der Waals surface area (Å²) >= 11 is 0. The summed E-state index contributed by atoms with van der Waals surface area (Å²) in [7, 11) is 0. The van der Waals surface area contributed by atoms with Gasteiger partial charge in [0.05, 0.1) is 12.5 Å². The summed E-state index contributed by atoms with van der Waals surface area (Å²) in [5, 5.41) is 3.24. The van der Waals surface area contributed by atoms with Crippen LogP contribution in [0.2, 0.25) is 0 Å². The Bertz CT molecular complexity index is 277. The SMILES string of the molecule is NC1C=C(c2ccoc2)CNC1. The van der Waals surface area contributed by atoms with E-state index in [0.29, 0.717) is 0 Å². The second kappa shape index (κ2) is 3.13. The zero-order valence-electron chi connectivity index (χ0n) is 6.79. The van der Waals surface area contributed by atoms with Gasteiger partial charge in [0, 0.05) is 24.7 Å². The third-order valence-electron chi connectivity index (χ3n) is 2.00. The largest absolute Gasteiger partial charge is 0.472 e. The molecule has 0 radical (unpaired) electrons. The van der Waals surface area contributed by atoms with Crippen LogP contribution in [0.15, 0.2) is 29.1 Å². The standard InChI is InChI=1S/C9H12N2O/c10-9-3-8(4-11-5-9)7-1-2-12-6-7/h1-3,6,9,11H,4-5,10H2. The highest BCUT2D eigenvalue weighted by atomic mass is 16.3. The van der Waals surface area contributed by atoms with Crippen molar-refractivity contribution in [2.24, 2.45) is 5.73 Å². The molecule has 3 N–H and O–H groups in total. The Kier molecular flexibility index (Phi) is 1.98. The van der Waals surface area contributed by atoms with Crippen molar-refractivity contribution in [1.82, 2.24) is 5.32 Å². The number of nitrogens with one attached hydrogen (secondary N) is 1. The predicted octanol–water partition coefficient (Wildman–Crippen LogP) is 0.593. The van der Waals surface area contributed by atoms with Gasteiger partial charge in [-0.05, 0) is 11.6 Å². The second-order valence-electron chi connectivity index (χ2n) is 3.00. The van der Waals surface area contributed by atoms with Crippen LogP contribution in [0.3, 0.4) is 0 Å². The zero-order valence-corrected chi connectivity index (χ0v) is 6.79. The van der Waals surface area contributed by atoms with Crippen molar-refractivity contribution < 1.29 is 4.42 Å². The molecule has 0 aromatic carbocycles. The van der Waals surface area contributed by atoms with E-state index in [1.54, 1.807) is 12.5 Å². The highest BCUT2D eigenvalue weighted by Gasteiger charge is 2.10. The summed E-state index contributed by atoms with van der Waals surface area (Å²) in [5.74, 6) is 0. The highest BCUT2D eigenvalue weighted by molar-refractivity contribution is 5.67. The molecular weight excluding hydrogens is 152 g/mol. The number of nitrogens with two attached hydrogens (primary N) is 1. The van der Waals surface area contributed by atoms with Crippen molar-refractivity contribution in [2.75, 3.05) is 13.1 Å². The Morgan fingerprint density at radius 2 is 2.50 bits per heavy atom. The molecule has 64 valence electrons. The molecule has 0 saturated carbocycles. The fourth-order valence-electron chi connectivity index (χ4n) is 1.40. The molecule has 0 fully saturated rings. The molecule has 1 atom stereocenters. The van der Waals surface area contributed by atoms with E-state index in [-0.39, 0.29) is 6.04 Å². The maximum atomic E-state index is 5.76. The first-order valence-electron chi connectivity index (χ1n) is 4.06. The van der Waals surface area contributed by atoms with E-state index in [4.69, 9.17) is 10.2 Å². The van der Waals surface area contributed by atoms with E-state index >= 15 is 0 Å². The Morgan fingerprint density at radius 1 is 1.58 bits per heavy atom. The van der Waals surface area contributed by atoms with Crippen LogP contribution in [0, 0.1) is 0 Å². The summed E-state index contributed by atoms with van der Waals surface area (Å²) in [6.07, 6.45) is 5.50. The summed E-state index contributed by atoms with van der Waals surface area (Å²) in [6.45, 7) is 1.74. The molecule has 1 aromatic heterocycles. The molecule has 0 amide bonds. The first-order chi connectivity index (χ1) is 5.86. The zero-order chi connectivity index (χ0) is 8.39. The van der Waals surface area contributed by atoms with Crippen molar-refractivity contribution in [2.45, 2.75) is 6.04 Å². The Morgan fingerprint density at radius 3 is 3.17 bits per heavy atom. The normalized spacial score (nSPS) is 23.8. The molecule has 2 rings (SSSR count). The first-order valence-corrected chi connectivity index (χ1v) is 4.06. The van der Waals surface area contributed by atoms with E-state index < -0.39 is 0 Å². The van der Waals surface area contributed by atoms with Gasteiger partial charge in [0.25, 0.3) is 0 Å². The van der Waals surface area contributed by atoms with E-state index in [2.05, 4.69) is 11.4 Å². The summed E-state index contributed by atoms with van der Waals surface area (Å²) < 4.78 is 4.99. The van der Waals surface area contributed by atoms with Crippen molar-refractivity contribution in [1.29, 1.82) is 0 Å². The monoisotopic (exact) mass is 164 g/mol. The number of furan rings is 1. The van der Waals surface area contributed by atoms with Crippen LogP contribution in [-0.4, -0.2) is 19.1 Å². The molecule has 2 heterocycles. The Hall–Kier alpha value is -1.06. The van der Waals surface area contributed by atoms with Crippen molar-refractivity contribution in [3.8, 4) is 0 Å². The molecule has 1 unspecified atom stereocenters. The minimum Gasteiger partial charge on any atom is -0.472 e. The molecule has 0 aliphatic carbocycles. The molecule has 0 saturated heterocycles. The molecule has 1 aromatic rings. The van der Waals surface area contributed by atoms with Crippen molar-refractivity contribution in [3.05, 3.63) is 30.2 Å². The molecule has 3 heteroatoms. The Labute approximate surface area is 71.2 Å². The number of hydrogen-bond donors (Lipinski definition) is 2. The van der Waals surface area contributed by atoms with Crippen LogP contribution in [0.25, 0.3) is 5.57 Å². The smallest absolute Gasteiger partial charge is 0.0978 e. The van der Waals surface area contributed by atoms with Crippen LogP contribution >= 0.6 is 0 Å². The molecule has 0 bridgehead atoms. The fourth-order valence-corrected chi connectivity index (χ4v) is 1.40. The first kappa shape index (κ1) is 7.58. The van der Waals surface area contributed by atoms with Gasteiger partial charge in [-0.2, -0.15) is 0 Å². The van der Waals surface area contributed by atoms with Crippen LogP contribution in [0.5, 0.6) is 0 Å². The van der Waals surface area contributed by atoms with Gasteiger partial charge in [0.2, 0.25) is 0 Å².